The number of carbonyl (C=O) groups excluding carboxylic acids is 1. The van der Waals surface area contributed by atoms with E-state index in [1.165, 1.54) is 7.11 Å². The highest BCUT2D eigenvalue weighted by Gasteiger charge is 2.27. The zero-order valence-corrected chi connectivity index (χ0v) is 19.1. The third-order valence-corrected chi connectivity index (χ3v) is 5.15. The molecule has 166 valence electrons. The molecular formula is C25H26N2O4S. The number of rotatable bonds is 8. The SMILES string of the molecule is C=C(C)C[C@@H](c1ccco1)N(C(=S)Nc1ccc(C(=O)OC)cc1)c1ccc(OC)cc1. The highest BCUT2D eigenvalue weighted by Crippen LogP contribution is 2.34. The van der Waals surface area contributed by atoms with Gasteiger partial charge in [0.2, 0.25) is 0 Å². The summed E-state index contributed by atoms with van der Waals surface area (Å²) in [6.45, 7) is 6.07. The lowest BCUT2D eigenvalue weighted by Gasteiger charge is -2.33. The fourth-order valence-corrected chi connectivity index (χ4v) is 3.65. The van der Waals surface area contributed by atoms with E-state index in [4.69, 9.17) is 26.1 Å². The molecule has 1 atom stereocenters. The van der Waals surface area contributed by atoms with Gasteiger partial charge in [-0.1, -0.05) is 5.57 Å². The fourth-order valence-electron chi connectivity index (χ4n) is 3.30. The Morgan fingerprint density at radius 2 is 1.81 bits per heavy atom. The molecule has 7 heteroatoms. The van der Waals surface area contributed by atoms with Crippen LogP contribution in [0.5, 0.6) is 5.75 Å². The zero-order valence-electron chi connectivity index (χ0n) is 18.3. The fraction of sp³-hybridized carbons (Fsp3) is 0.200. The first-order chi connectivity index (χ1) is 15.4. The number of methoxy groups -OCH3 is 2. The zero-order chi connectivity index (χ0) is 23.1. The molecule has 0 aliphatic carbocycles. The smallest absolute Gasteiger partial charge is 0.337 e. The number of nitrogens with one attached hydrogen (secondary N) is 1. The number of furan rings is 1. The number of benzene rings is 2. The quantitative estimate of drug-likeness (QED) is 0.257. The summed E-state index contributed by atoms with van der Waals surface area (Å²) in [5.41, 5.74) is 3.08. The highest BCUT2D eigenvalue weighted by atomic mass is 32.1. The largest absolute Gasteiger partial charge is 0.497 e. The molecule has 2 aromatic carbocycles. The van der Waals surface area contributed by atoms with Crippen LogP contribution in [-0.2, 0) is 4.74 Å². The molecule has 1 aromatic heterocycles. The second-order valence-electron chi connectivity index (χ2n) is 7.26. The third kappa shape index (κ3) is 5.56. The second kappa shape index (κ2) is 10.6. The minimum Gasteiger partial charge on any atom is -0.497 e. The molecule has 0 saturated carbocycles. The van der Waals surface area contributed by atoms with Gasteiger partial charge < -0.3 is 24.1 Å². The number of ether oxygens (including phenoxy) is 2. The average molecular weight is 451 g/mol. The van der Waals surface area contributed by atoms with Gasteiger partial charge in [0.1, 0.15) is 11.5 Å². The maximum atomic E-state index is 11.7. The molecule has 0 aliphatic heterocycles. The van der Waals surface area contributed by atoms with Crippen molar-refractivity contribution >= 4 is 34.7 Å². The van der Waals surface area contributed by atoms with Gasteiger partial charge in [-0.2, -0.15) is 0 Å². The third-order valence-electron chi connectivity index (χ3n) is 4.85. The van der Waals surface area contributed by atoms with Gasteiger partial charge in [0, 0.05) is 11.4 Å². The van der Waals surface area contributed by atoms with E-state index in [0.29, 0.717) is 17.1 Å². The van der Waals surface area contributed by atoms with Gasteiger partial charge in [0.25, 0.3) is 0 Å². The molecular weight excluding hydrogens is 424 g/mol. The maximum Gasteiger partial charge on any atom is 0.337 e. The van der Waals surface area contributed by atoms with E-state index in [9.17, 15) is 4.79 Å². The van der Waals surface area contributed by atoms with Crippen LogP contribution >= 0.6 is 12.2 Å². The van der Waals surface area contributed by atoms with Gasteiger partial charge >= 0.3 is 5.97 Å². The molecule has 0 spiro atoms. The van der Waals surface area contributed by atoms with Gasteiger partial charge in [-0.05, 0) is 86.2 Å². The lowest BCUT2D eigenvalue weighted by molar-refractivity contribution is 0.0601. The van der Waals surface area contributed by atoms with Crippen molar-refractivity contribution in [3.63, 3.8) is 0 Å². The van der Waals surface area contributed by atoms with Crippen molar-refractivity contribution in [2.75, 3.05) is 24.4 Å². The summed E-state index contributed by atoms with van der Waals surface area (Å²) in [5, 5.41) is 3.75. The van der Waals surface area contributed by atoms with Crippen LogP contribution in [0.4, 0.5) is 11.4 Å². The Kier molecular flexibility index (Phi) is 7.68. The summed E-state index contributed by atoms with van der Waals surface area (Å²) in [4.78, 5) is 13.7. The van der Waals surface area contributed by atoms with Crippen LogP contribution in [-0.4, -0.2) is 25.3 Å². The first kappa shape index (κ1) is 23.1. The van der Waals surface area contributed by atoms with E-state index >= 15 is 0 Å². The minimum absolute atomic E-state index is 0.203. The first-order valence-electron chi connectivity index (χ1n) is 10.0. The number of thiocarbonyl (C=S) groups is 1. The molecule has 1 heterocycles. The summed E-state index contributed by atoms with van der Waals surface area (Å²) >= 11 is 5.83. The summed E-state index contributed by atoms with van der Waals surface area (Å²) in [5.74, 6) is 1.13. The van der Waals surface area contributed by atoms with Crippen LogP contribution in [0.2, 0.25) is 0 Å². The van der Waals surface area contributed by atoms with Gasteiger partial charge in [-0.15, -0.1) is 6.58 Å². The first-order valence-corrected chi connectivity index (χ1v) is 10.4. The Bertz CT molecular complexity index is 1060. The van der Waals surface area contributed by atoms with E-state index < -0.39 is 5.97 Å². The highest BCUT2D eigenvalue weighted by molar-refractivity contribution is 7.80. The Labute approximate surface area is 193 Å². The standard InChI is InChI=1S/C25H26N2O4S/c1-17(2)16-22(23-6-5-15-31-23)27(20-11-13-21(29-3)14-12-20)25(32)26-19-9-7-18(8-10-19)24(28)30-4/h5-15,22H,1,16H2,2-4H3,(H,26,32)/t22-/m0/s1. The van der Waals surface area contributed by atoms with Crippen molar-refractivity contribution in [1.82, 2.24) is 0 Å². The van der Waals surface area contributed by atoms with E-state index in [1.807, 2.05) is 48.2 Å². The van der Waals surface area contributed by atoms with Crippen molar-refractivity contribution in [3.8, 4) is 5.75 Å². The van der Waals surface area contributed by atoms with E-state index in [2.05, 4.69) is 11.9 Å². The molecule has 3 aromatic rings. The van der Waals surface area contributed by atoms with Gasteiger partial charge in [0.15, 0.2) is 5.11 Å². The van der Waals surface area contributed by atoms with E-state index in [-0.39, 0.29) is 6.04 Å². The normalized spacial score (nSPS) is 11.3. The molecule has 0 bridgehead atoms. The molecule has 32 heavy (non-hydrogen) atoms. The van der Waals surface area contributed by atoms with Crippen LogP contribution in [0, 0.1) is 0 Å². The topological polar surface area (TPSA) is 63.9 Å². The molecule has 0 unspecified atom stereocenters. The summed E-state index contributed by atoms with van der Waals surface area (Å²) < 4.78 is 15.8. The number of nitrogens with zero attached hydrogens (tertiary/aromatic N) is 1. The van der Waals surface area contributed by atoms with Gasteiger partial charge in [-0.3, -0.25) is 0 Å². The van der Waals surface area contributed by atoms with Crippen molar-refractivity contribution in [3.05, 3.63) is 90.4 Å². The van der Waals surface area contributed by atoms with Crippen LogP contribution in [0.15, 0.2) is 83.5 Å². The van der Waals surface area contributed by atoms with Crippen LogP contribution in [0.25, 0.3) is 0 Å². The molecule has 6 nitrogen and oxygen atoms in total. The Morgan fingerprint density at radius 1 is 1.12 bits per heavy atom. The number of hydrogen-bond donors (Lipinski definition) is 1. The summed E-state index contributed by atoms with van der Waals surface area (Å²) in [7, 11) is 2.98. The lowest BCUT2D eigenvalue weighted by atomic mass is 10.0. The van der Waals surface area contributed by atoms with E-state index in [0.717, 1.165) is 28.5 Å². The van der Waals surface area contributed by atoms with Gasteiger partial charge in [0.05, 0.1) is 32.1 Å². The van der Waals surface area contributed by atoms with Gasteiger partial charge in [-0.25, -0.2) is 4.79 Å². The van der Waals surface area contributed by atoms with Crippen LogP contribution < -0.4 is 15.0 Å². The monoisotopic (exact) mass is 450 g/mol. The Hall–Kier alpha value is -3.58. The van der Waals surface area contributed by atoms with Crippen molar-refractivity contribution in [1.29, 1.82) is 0 Å². The van der Waals surface area contributed by atoms with Crippen LogP contribution in [0.3, 0.4) is 0 Å². The number of hydrogen-bond acceptors (Lipinski definition) is 5. The number of carbonyl (C=O) groups is 1. The molecule has 3 rings (SSSR count). The molecule has 0 radical (unpaired) electrons. The van der Waals surface area contributed by atoms with Crippen molar-refractivity contribution in [2.24, 2.45) is 0 Å². The maximum absolute atomic E-state index is 11.7. The molecule has 0 saturated heterocycles. The van der Waals surface area contributed by atoms with Crippen molar-refractivity contribution in [2.45, 2.75) is 19.4 Å². The number of anilines is 2. The van der Waals surface area contributed by atoms with Crippen LogP contribution in [0.1, 0.15) is 35.5 Å². The number of esters is 1. The van der Waals surface area contributed by atoms with E-state index in [1.54, 1.807) is 37.6 Å². The molecule has 0 aliphatic rings. The lowest BCUT2D eigenvalue weighted by Crippen LogP contribution is -2.38. The molecule has 0 fully saturated rings. The molecule has 0 amide bonds. The second-order valence-corrected chi connectivity index (χ2v) is 7.65. The predicted octanol–water partition coefficient (Wildman–Crippen LogP) is 5.99. The minimum atomic E-state index is -0.390. The summed E-state index contributed by atoms with van der Waals surface area (Å²) in [6, 6.07) is 18.2. The Morgan fingerprint density at radius 3 is 2.34 bits per heavy atom. The molecule has 1 N–H and O–H groups in total. The Balaban J connectivity index is 1.95. The predicted molar refractivity (Wildman–Crippen MR) is 130 cm³/mol. The summed E-state index contributed by atoms with van der Waals surface area (Å²) in [6.07, 6.45) is 2.29. The van der Waals surface area contributed by atoms with Crippen molar-refractivity contribution < 1.29 is 18.7 Å². The average Bonchev–Trinajstić information content (AvgIpc) is 3.33.